The van der Waals surface area contributed by atoms with Gasteiger partial charge in [0.15, 0.2) is 0 Å². The van der Waals surface area contributed by atoms with Crippen LogP contribution in [0.4, 0.5) is 11.4 Å². The van der Waals surface area contributed by atoms with E-state index in [2.05, 4.69) is 20.7 Å². The summed E-state index contributed by atoms with van der Waals surface area (Å²) in [5.41, 5.74) is 0.557. The highest BCUT2D eigenvalue weighted by molar-refractivity contribution is 9.10. The van der Waals surface area contributed by atoms with Crippen LogP contribution in [0.15, 0.2) is 46.9 Å². The molecule has 6 nitrogen and oxygen atoms in total. The van der Waals surface area contributed by atoms with Crippen molar-refractivity contribution in [1.82, 2.24) is 0 Å². The number of phenolic OH excluding ortho intramolecular Hbond substituents is 1. The van der Waals surface area contributed by atoms with Gasteiger partial charge in [-0.1, -0.05) is 22.0 Å². The predicted octanol–water partition coefficient (Wildman–Crippen LogP) is 3.04. The quantitative estimate of drug-likeness (QED) is 0.798. The lowest BCUT2D eigenvalue weighted by Crippen LogP contribution is -2.24. The second-order valence-corrected chi connectivity index (χ2v) is 7.45. The normalized spacial score (nSPS) is 11.1. The van der Waals surface area contributed by atoms with Crippen LogP contribution in [0, 0.1) is 0 Å². The van der Waals surface area contributed by atoms with E-state index in [1.165, 1.54) is 25.3 Å². The van der Waals surface area contributed by atoms with E-state index in [1.54, 1.807) is 24.3 Å². The van der Waals surface area contributed by atoms with E-state index in [9.17, 15) is 18.3 Å². The summed E-state index contributed by atoms with van der Waals surface area (Å²) >= 11 is 3.29. The fraction of sp³-hybridized carbons (Fsp3) is 0.133. The van der Waals surface area contributed by atoms with E-state index in [-0.39, 0.29) is 17.0 Å². The summed E-state index contributed by atoms with van der Waals surface area (Å²) in [4.78, 5) is 11.5. The minimum atomic E-state index is -3.66. The maximum atomic E-state index is 12.2. The van der Waals surface area contributed by atoms with E-state index in [1.807, 2.05) is 0 Å². The van der Waals surface area contributed by atoms with Crippen LogP contribution in [0.3, 0.4) is 0 Å². The number of sulfonamides is 1. The summed E-state index contributed by atoms with van der Waals surface area (Å²) in [5.74, 6) is -1.07. The first-order chi connectivity index (χ1) is 10.7. The third-order valence-electron chi connectivity index (χ3n) is 3.00. The van der Waals surface area contributed by atoms with Crippen molar-refractivity contribution in [2.75, 3.05) is 17.7 Å². The minimum Gasteiger partial charge on any atom is -0.507 e. The van der Waals surface area contributed by atoms with Gasteiger partial charge >= 0.3 is 5.97 Å². The number of carbonyl (C=O) groups excluding carboxylic acids is 1. The van der Waals surface area contributed by atoms with Gasteiger partial charge in [-0.2, -0.15) is 0 Å². The third-order valence-corrected chi connectivity index (χ3v) is 4.57. The maximum Gasteiger partial charge on any atom is 0.341 e. The number of phenols is 1. The molecule has 0 bridgehead atoms. The van der Waals surface area contributed by atoms with Crippen molar-refractivity contribution in [3.05, 3.63) is 52.5 Å². The van der Waals surface area contributed by atoms with E-state index in [4.69, 9.17) is 0 Å². The monoisotopic (exact) mass is 399 g/mol. The Bertz CT molecular complexity index is 851. The number of anilines is 2. The highest BCUT2D eigenvalue weighted by Gasteiger charge is 2.22. The molecule has 0 aliphatic heterocycles. The number of carbonyl (C=O) groups is 1. The Kier molecular flexibility index (Phi) is 4.96. The largest absolute Gasteiger partial charge is 0.507 e. The molecule has 0 saturated heterocycles. The van der Waals surface area contributed by atoms with E-state index < -0.39 is 16.0 Å². The molecule has 0 unspecified atom stereocenters. The van der Waals surface area contributed by atoms with E-state index in [0.29, 0.717) is 10.2 Å². The molecular formula is C15H14BrNO5S. The Hall–Kier alpha value is -2.06. The molecule has 0 aliphatic carbocycles. The van der Waals surface area contributed by atoms with Gasteiger partial charge in [0.25, 0.3) is 0 Å². The summed E-state index contributed by atoms with van der Waals surface area (Å²) in [5, 5.41) is 9.98. The van der Waals surface area contributed by atoms with Crippen molar-refractivity contribution in [2.45, 2.75) is 0 Å². The number of halogens is 1. The highest BCUT2D eigenvalue weighted by Crippen LogP contribution is 2.33. The van der Waals surface area contributed by atoms with Crippen LogP contribution in [-0.2, 0) is 14.8 Å². The molecule has 8 heteroatoms. The van der Waals surface area contributed by atoms with Gasteiger partial charge in [0.2, 0.25) is 10.0 Å². The Balaban J connectivity index is 2.58. The molecule has 2 aromatic carbocycles. The number of rotatable bonds is 4. The highest BCUT2D eigenvalue weighted by atomic mass is 79.9. The zero-order chi connectivity index (χ0) is 17.2. The molecule has 0 heterocycles. The van der Waals surface area contributed by atoms with Crippen LogP contribution in [0.1, 0.15) is 10.4 Å². The molecule has 2 rings (SSSR count). The van der Waals surface area contributed by atoms with Crippen molar-refractivity contribution in [1.29, 1.82) is 0 Å². The van der Waals surface area contributed by atoms with Crippen molar-refractivity contribution < 1.29 is 23.1 Å². The molecule has 1 N–H and O–H groups in total. The molecule has 0 atom stereocenters. The van der Waals surface area contributed by atoms with Gasteiger partial charge in [0.1, 0.15) is 11.3 Å². The minimum absolute atomic E-state index is 0.0426. The first kappa shape index (κ1) is 17.3. The van der Waals surface area contributed by atoms with Gasteiger partial charge in [-0.3, -0.25) is 0 Å². The SMILES string of the molecule is COC(=O)c1ccc(N(c2cccc(Br)c2)S(C)(=O)=O)cc1O. The predicted molar refractivity (Wildman–Crippen MR) is 90.6 cm³/mol. The van der Waals surface area contributed by atoms with Crippen LogP contribution in [0.2, 0.25) is 0 Å². The first-order valence-electron chi connectivity index (χ1n) is 6.41. The second kappa shape index (κ2) is 6.59. The number of ether oxygens (including phenoxy) is 1. The number of esters is 1. The van der Waals surface area contributed by atoms with Crippen molar-refractivity contribution >= 4 is 43.3 Å². The smallest absolute Gasteiger partial charge is 0.341 e. The van der Waals surface area contributed by atoms with Crippen LogP contribution >= 0.6 is 15.9 Å². The Morgan fingerprint density at radius 2 is 1.83 bits per heavy atom. The Labute approximate surface area is 142 Å². The van der Waals surface area contributed by atoms with Crippen molar-refractivity contribution in [2.24, 2.45) is 0 Å². The Morgan fingerprint density at radius 1 is 1.17 bits per heavy atom. The molecule has 0 saturated carbocycles. The fourth-order valence-electron chi connectivity index (χ4n) is 2.06. The number of nitrogens with zero attached hydrogens (tertiary/aromatic N) is 1. The van der Waals surface area contributed by atoms with E-state index >= 15 is 0 Å². The number of aromatic hydroxyl groups is 1. The number of hydrogen-bond donors (Lipinski definition) is 1. The average molecular weight is 400 g/mol. The summed E-state index contributed by atoms with van der Waals surface area (Å²) in [6, 6.07) is 10.7. The van der Waals surface area contributed by atoms with Crippen molar-refractivity contribution in [3.8, 4) is 5.75 Å². The zero-order valence-corrected chi connectivity index (χ0v) is 14.8. The summed E-state index contributed by atoms with van der Waals surface area (Å²) < 4.78 is 30.7. The lowest BCUT2D eigenvalue weighted by Gasteiger charge is -2.23. The Morgan fingerprint density at radius 3 is 2.35 bits per heavy atom. The number of methoxy groups -OCH3 is 1. The molecule has 23 heavy (non-hydrogen) atoms. The van der Waals surface area contributed by atoms with Gasteiger partial charge in [-0.25, -0.2) is 17.5 Å². The lowest BCUT2D eigenvalue weighted by atomic mass is 10.1. The molecule has 122 valence electrons. The molecular weight excluding hydrogens is 386 g/mol. The van der Waals surface area contributed by atoms with Gasteiger partial charge in [-0.15, -0.1) is 0 Å². The summed E-state index contributed by atoms with van der Waals surface area (Å²) in [6.07, 6.45) is 1.05. The second-order valence-electron chi connectivity index (χ2n) is 4.70. The summed E-state index contributed by atoms with van der Waals surface area (Å²) in [7, 11) is -2.46. The van der Waals surface area contributed by atoms with Crippen LogP contribution in [0.5, 0.6) is 5.75 Å². The van der Waals surface area contributed by atoms with Gasteiger partial charge in [0, 0.05) is 10.5 Å². The first-order valence-corrected chi connectivity index (χ1v) is 9.05. The lowest BCUT2D eigenvalue weighted by molar-refractivity contribution is 0.0597. The van der Waals surface area contributed by atoms with Gasteiger partial charge in [-0.05, 0) is 30.3 Å². The third kappa shape index (κ3) is 3.83. The fourth-order valence-corrected chi connectivity index (χ4v) is 3.44. The van der Waals surface area contributed by atoms with Crippen LogP contribution in [0.25, 0.3) is 0 Å². The van der Waals surface area contributed by atoms with Gasteiger partial charge < -0.3 is 9.84 Å². The van der Waals surface area contributed by atoms with Crippen molar-refractivity contribution in [3.63, 3.8) is 0 Å². The van der Waals surface area contributed by atoms with Gasteiger partial charge in [0.05, 0.1) is 24.7 Å². The van der Waals surface area contributed by atoms with E-state index in [0.717, 1.165) is 10.6 Å². The average Bonchev–Trinajstić information content (AvgIpc) is 2.45. The molecule has 0 aromatic heterocycles. The van der Waals surface area contributed by atoms with Crippen LogP contribution in [-0.4, -0.2) is 32.9 Å². The topological polar surface area (TPSA) is 83.9 Å². The molecule has 0 amide bonds. The molecule has 0 aliphatic rings. The summed E-state index contributed by atoms with van der Waals surface area (Å²) in [6.45, 7) is 0. The molecule has 0 radical (unpaired) electrons. The maximum absolute atomic E-state index is 12.2. The van der Waals surface area contributed by atoms with Crippen LogP contribution < -0.4 is 4.31 Å². The molecule has 0 fully saturated rings. The number of benzene rings is 2. The molecule has 0 spiro atoms. The molecule has 2 aromatic rings. The number of hydrogen-bond acceptors (Lipinski definition) is 5. The zero-order valence-electron chi connectivity index (χ0n) is 12.4. The standard InChI is InChI=1S/C15H14BrNO5S/c1-22-15(19)13-7-6-12(9-14(13)18)17(23(2,20)21)11-5-3-4-10(16)8-11/h3-9,18H,1-2H3.